The molecule has 30 heavy (non-hydrogen) atoms. The third-order valence-electron chi connectivity index (χ3n) is 4.33. The first-order valence-electron chi connectivity index (χ1n) is 9.52. The molecular weight excluding hydrogens is 386 g/mol. The fourth-order valence-electron chi connectivity index (χ4n) is 2.82. The number of nitrogens with zero attached hydrogens (tertiary/aromatic N) is 1. The summed E-state index contributed by atoms with van der Waals surface area (Å²) in [5.74, 6) is -0.135. The Morgan fingerprint density at radius 1 is 1.00 bits per heavy atom. The topological polar surface area (TPSA) is 114 Å². The number of anilines is 2. The van der Waals surface area contributed by atoms with Crippen molar-refractivity contribution in [2.24, 2.45) is 0 Å². The Bertz CT molecular complexity index is 1070. The van der Waals surface area contributed by atoms with E-state index in [1.165, 1.54) is 18.2 Å². The Balaban J connectivity index is 1.69. The second kappa shape index (κ2) is 9.51. The van der Waals surface area contributed by atoms with Gasteiger partial charge in [-0.1, -0.05) is 31.5 Å². The molecule has 1 heterocycles. The molecule has 0 radical (unpaired) electrons. The molecule has 0 bridgehead atoms. The average molecular weight is 407 g/mol. The number of carbonyl (C=O) groups is 2. The van der Waals surface area contributed by atoms with Crippen LogP contribution in [0.25, 0.3) is 11.3 Å². The Hall–Kier alpha value is -3.94. The van der Waals surface area contributed by atoms with E-state index in [-0.39, 0.29) is 17.4 Å². The molecule has 3 aromatic rings. The molecule has 0 aliphatic rings. The van der Waals surface area contributed by atoms with E-state index in [1.807, 2.05) is 6.92 Å². The highest BCUT2D eigenvalue weighted by Gasteiger charge is 2.15. The second-order valence-corrected chi connectivity index (χ2v) is 6.66. The number of nitro groups is 1. The first-order valence-corrected chi connectivity index (χ1v) is 9.52. The molecule has 0 saturated heterocycles. The third kappa shape index (κ3) is 5.32. The molecular formula is C22H21N3O5. The third-order valence-corrected chi connectivity index (χ3v) is 4.33. The number of nitro benzene ring substituents is 1. The van der Waals surface area contributed by atoms with Crippen molar-refractivity contribution >= 4 is 28.9 Å². The van der Waals surface area contributed by atoms with Crippen LogP contribution in [0.15, 0.2) is 65.1 Å². The minimum Gasteiger partial charge on any atom is -0.451 e. The lowest BCUT2D eigenvalue weighted by molar-refractivity contribution is -0.384. The number of furan rings is 1. The highest BCUT2D eigenvalue weighted by molar-refractivity contribution is 6.03. The van der Waals surface area contributed by atoms with Gasteiger partial charge in [0.25, 0.3) is 11.6 Å². The van der Waals surface area contributed by atoms with Crippen LogP contribution in [-0.4, -0.2) is 16.7 Å². The van der Waals surface area contributed by atoms with Gasteiger partial charge in [0.05, 0.1) is 4.92 Å². The number of hydrogen-bond acceptors (Lipinski definition) is 5. The van der Waals surface area contributed by atoms with Crippen molar-refractivity contribution < 1.29 is 18.9 Å². The minimum atomic E-state index is -0.492. The van der Waals surface area contributed by atoms with E-state index in [4.69, 9.17) is 4.42 Å². The predicted octanol–water partition coefficient (Wildman–Crippen LogP) is 5.24. The van der Waals surface area contributed by atoms with E-state index < -0.39 is 10.8 Å². The Labute approximate surface area is 173 Å². The number of non-ortho nitro benzene ring substituents is 1. The first kappa shape index (κ1) is 20.8. The summed E-state index contributed by atoms with van der Waals surface area (Å²) in [5.41, 5.74) is 1.53. The van der Waals surface area contributed by atoms with Gasteiger partial charge in [0.2, 0.25) is 5.91 Å². The molecule has 0 unspecified atom stereocenters. The van der Waals surface area contributed by atoms with Crippen molar-refractivity contribution in [2.45, 2.75) is 26.2 Å². The lowest BCUT2D eigenvalue weighted by Crippen LogP contribution is -2.13. The lowest BCUT2D eigenvalue weighted by Gasteiger charge is -2.08. The molecule has 0 spiro atoms. The maximum absolute atomic E-state index is 12.5. The Morgan fingerprint density at radius 3 is 2.47 bits per heavy atom. The predicted molar refractivity (Wildman–Crippen MR) is 113 cm³/mol. The fraction of sp³-hybridized carbons (Fsp3) is 0.182. The Morgan fingerprint density at radius 2 is 1.73 bits per heavy atom. The van der Waals surface area contributed by atoms with Crippen molar-refractivity contribution in [3.63, 3.8) is 0 Å². The molecule has 0 atom stereocenters. The summed E-state index contributed by atoms with van der Waals surface area (Å²) in [6, 6.07) is 15.9. The smallest absolute Gasteiger partial charge is 0.291 e. The van der Waals surface area contributed by atoms with Crippen LogP contribution in [0.2, 0.25) is 0 Å². The maximum Gasteiger partial charge on any atom is 0.291 e. The molecule has 2 N–H and O–H groups in total. The lowest BCUT2D eigenvalue weighted by atomic mass is 10.1. The largest absolute Gasteiger partial charge is 0.451 e. The normalized spacial score (nSPS) is 10.4. The van der Waals surface area contributed by atoms with Crippen LogP contribution in [0.3, 0.4) is 0 Å². The van der Waals surface area contributed by atoms with Gasteiger partial charge in [0.15, 0.2) is 5.76 Å². The molecule has 8 nitrogen and oxygen atoms in total. The molecule has 0 aliphatic carbocycles. The summed E-state index contributed by atoms with van der Waals surface area (Å²) in [6.07, 6.45) is 2.19. The van der Waals surface area contributed by atoms with Gasteiger partial charge in [-0.25, -0.2) is 0 Å². The average Bonchev–Trinajstić information content (AvgIpc) is 3.23. The maximum atomic E-state index is 12.5. The summed E-state index contributed by atoms with van der Waals surface area (Å²) in [4.78, 5) is 34.8. The van der Waals surface area contributed by atoms with E-state index in [0.29, 0.717) is 29.1 Å². The van der Waals surface area contributed by atoms with Crippen LogP contribution in [0.1, 0.15) is 36.7 Å². The van der Waals surface area contributed by atoms with Crippen LogP contribution >= 0.6 is 0 Å². The molecule has 3 rings (SSSR count). The number of carbonyl (C=O) groups excluding carboxylic acids is 2. The number of hydrogen-bond donors (Lipinski definition) is 2. The van der Waals surface area contributed by atoms with Gasteiger partial charge in [-0.3, -0.25) is 19.7 Å². The summed E-state index contributed by atoms with van der Waals surface area (Å²) in [6.45, 7) is 2.02. The zero-order valence-corrected chi connectivity index (χ0v) is 16.4. The quantitative estimate of drug-likeness (QED) is 0.392. The van der Waals surface area contributed by atoms with E-state index >= 15 is 0 Å². The number of nitrogens with one attached hydrogen (secondary N) is 2. The summed E-state index contributed by atoms with van der Waals surface area (Å²) in [5, 5.41) is 16.5. The molecule has 2 aromatic carbocycles. The van der Waals surface area contributed by atoms with Crippen molar-refractivity contribution in [3.8, 4) is 11.3 Å². The first-order chi connectivity index (χ1) is 14.5. The summed E-state index contributed by atoms with van der Waals surface area (Å²) in [7, 11) is 0. The Kier molecular flexibility index (Phi) is 6.59. The molecule has 8 heteroatoms. The highest BCUT2D eigenvalue weighted by Crippen LogP contribution is 2.26. The zero-order chi connectivity index (χ0) is 21.5. The van der Waals surface area contributed by atoms with E-state index in [9.17, 15) is 19.7 Å². The van der Waals surface area contributed by atoms with Crippen molar-refractivity contribution in [1.29, 1.82) is 0 Å². The summed E-state index contributed by atoms with van der Waals surface area (Å²) < 4.78 is 5.57. The van der Waals surface area contributed by atoms with Gasteiger partial charge in [0, 0.05) is 35.5 Å². The van der Waals surface area contributed by atoms with Crippen LogP contribution in [-0.2, 0) is 4.79 Å². The van der Waals surface area contributed by atoms with Gasteiger partial charge in [-0.15, -0.1) is 0 Å². The SMILES string of the molecule is CCCCC(=O)Nc1cccc(NC(=O)c2ccc(-c3cccc([N+](=O)[O-])c3)o2)c1. The summed E-state index contributed by atoms with van der Waals surface area (Å²) >= 11 is 0. The number of amides is 2. The molecule has 0 saturated carbocycles. The molecule has 0 fully saturated rings. The van der Waals surface area contributed by atoms with E-state index in [1.54, 1.807) is 42.5 Å². The molecule has 154 valence electrons. The van der Waals surface area contributed by atoms with Gasteiger partial charge in [-0.2, -0.15) is 0 Å². The minimum absolute atomic E-state index is 0.0623. The monoisotopic (exact) mass is 407 g/mol. The van der Waals surface area contributed by atoms with Crippen LogP contribution in [0.5, 0.6) is 0 Å². The van der Waals surface area contributed by atoms with Crippen LogP contribution in [0.4, 0.5) is 17.1 Å². The van der Waals surface area contributed by atoms with E-state index in [0.717, 1.165) is 12.8 Å². The van der Waals surface area contributed by atoms with Gasteiger partial charge < -0.3 is 15.1 Å². The van der Waals surface area contributed by atoms with Crippen molar-refractivity contribution in [2.75, 3.05) is 10.6 Å². The van der Waals surface area contributed by atoms with Crippen LogP contribution in [0, 0.1) is 10.1 Å². The van der Waals surface area contributed by atoms with Crippen molar-refractivity contribution in [1.82, 2.24) is 0 Å². The zero-order valence-electron chi connectivity index (χ0n) is 16.4. The fourth-order valence-corrected chi connectivity index (χ4v) is 2.82. The number of unbranched alkanes of at least 4 members (excludes halogenated alkanes) is 1. The van der Waals surface area contributed by atoms with Gasteiger partial charge in [-0.05, 0) is 36.8 Å². The van der Waals surface area contributed by atoms with Gasteiger partial charge >= 0.3 is 0 Å². The number of rotatable bonds is 8. The molecule has 0 aliphatic heterocycles. The molecule has 1 aromatic heterocycles. The second-order valence-electron chi connectivity index (χ2n) is 6.66. The highest BCUT2D eigenvalue weighted by atomic mass is 16.6. The van der Waals surface area contributed by atoms with Gasteiger partial charge in [0.1, 0.15) is 5.76 Å². The number of benzene rings is 2. The molecule has 2 amide bonds. The van der Waals surface area contributed by atoms with Crippen LogP contribution < -0.4 is 10.6 Å². The van der Waals surface area contributed by atoms with Crippen molar-refractivity contribution in [3.05, 3.63) is 76.5 Å². The standard InChI is InChI=1S/C22H21N3O5/c1-2-3-10-21(26)23-16-7-5-8-17(14-16)24-22(27)20-12-11-19(30-20)15-6-4-9-18(13-15)25(28)29/h4-9,11-14H,2-3,10H2,1H3,(H,23,26)(H,24,27). The van der Waals surface area contributed by atoms with E-state index in [2.05, 4.69) is 10.6 Å².